The quantitative estimate of drug-likeness (QED) is 0.433. The maximum absolute atomic E-state index is 5.50. The average molecular weight is 144 g/mol. The first-order valence-electron chi connectivity index (χ1n) is 3.55. The molecule has 0 spiro atoms. The fourth-order valence-electron chi connectivity index (χ4n) is 1.15. The topological polar surface area (TPSA) is 9.23 Å². The maximum atomic E-state index is 5.50. The first kappa shape index (κ1) is 7.48. The van der Waals surface area contributed by atoms with Crippen molar-refractivity contribution in [3.8, 4) is 0 Å². The zero-order chi connectivity index (χ0) is 6.74. The second kappa shape index (κ2) is 2.97. The van der Waals surface area contributed by atoms with Gasteiger partial charge in [-0.2, -0.15) is 0 Å². The van der Waals surface area contributed by atoms with E-state index in [9.17, 15) is 0 Å². The highest BCUT2D eigenvalue weighted by atomic mass is 32.2. The molecule has 0 aromatic heterocycles. The lowest BCUT2D eigenvalue weighted by Gasteiger charge is -2.11. The van der Waals surface area contributed by atoms with Crippen LogP contribution in [0.4, 0.5) is 0 Å². The molecule has 0 unspecified atom stereocenters. The van der Waals surface area contributed by atoms with Crippen molar-refractivity contribution in [3.63, 3.8) is 0 Å². The summed E-state index contributed by atoms with van der Waals surface area (Å²) in [5.41, 5.74) is 0.314. The van der Waals surface area contributed by atoms with Gasteiger partial charge in [-0.3, -0.25) is 0 Å². The first-order valence-corrected chi connectivity index (χ1v) is 4.70. The Balaban J connectivity index is 2.17. The Labute approximate surface area is 62.2 Å². The van der Waals surface area contributed by atoms with Crippen LogP contribution in [0.3, 0.4) is 0 Å². The van der Waals surface area contributed by atoms with Gasteiger partial charge in [-0.1, -0.05) is 6.32 Å². The molecule has 1 aliphatic carbocycles. The lowest BCUT2D eigenvalue weighted by molar-refractivity contribution is 0.214. The van der Waals surface area contributed by atoms with Crippen molar-refractivity contribution < 1.29 is 4.18 Å². The summed E-state index contributed by atoms with van der Waals surface area (Å²) in [5, 5.41) is 0. The predicted molar refractivity (Wildman–Crippen MR) is 44.5 cm³/mol. The van der Waals surface area contributed by atoms with Crippen LogP contribution in [-0.4, -0.2) is 19.7 Å². The van der Waals surface area contributed by atoms with Gasteiger partial charge in [0.2, 0.25) is 0 Å². The summed E-state index contributed by atoms with van der Waals surface area (Å²) in [6.45, 7) is 0. The highest BCUT2D eigenvalue weighted by Crippen LogP contribution is 2.45. The molecule has 0 aromatic rings. The fraction of sp³-hybridized carbons (Fsp3) is 1.00. The van der Waals surface area contributed by atoms with Crippen molar-refractivity contribution in [1.82, 2.24) is 0 Å². The third-order valence-corrected chi connectivity index (χ3v) is 2.29. The average Bonchev–Trinajstić information content (AvgIpc) is 2.51. The van der Waals surface area contributed by atoms with Gasteiger partial charge in [0.25, 0.3) is 0 Å². The number of hydrogen-bond acceptors (Lipinski definition) is 2. The molecule has 0 radical (unpaired) electrons. The van der Waals surface area contributed by atoms with Gasteiger partial charge in [-0.05, 0) is 31.3 Å². The molecular formula is C6H13BOS. The van der Waals surface area contributed by atoms with Crippen LogP contribution in [0.5, 0.6) is 0 Å². The van der Waals surface area contributed by atoms with Gasteiger partial charge in [0.15, 0.2) is 0 Å². The van der Waals surface area contributed by atoms with Gasteiger partial charge >= 0.3 is 0 Å². The zero-order valence-electron chi connectivity index (χ0n) is 6.14. The second-order valence-corrected chi connectivity index (χ2v) is 3.18. The molecule has 1 nitrogen and oxygen atoms in total. The molecular weight excluding hydrogens is 131 g/mol. The van der Waals surface area contributed by atoms with Crippen molar-refractivity contribution >= 4 is 19.9 Å². The summed E-state index contributed by atoms with van der Waals surface area (Å²) in [6.07, 6.45) is 7.05. The molecule has 0 N–H and O–H groups in total. The normalized spacial score (nSPS) is 21.9. The van der Waals surface area contributed by atoms with Gasteiger partial charge in [0.1, 0.15) is 7.85 Å². The highest BCUT2D eigenvalue weighted by Gasteiger charge is 2.43. The number of rotatable bonds is 4. The lowest BCUT2D eigenvalue weighted by Crippen LogP contribution is -2.08. The third kappa shape index (κ3) is 1.90. The van der Waals surface area contributed by atoms with Crippen LogP contribution in [0.25, 0.3) is 0 Å². The zero-order valence-corrected chi connectivity index (χ0v) is 6.96. The number of hydrogen-bond donors (Lipinski definition) is 0. The third-order valence-electron chi connectivity index (χ3n) is 1.77. The second-order valence-electron chi connectivity index (χ2n) is 2.68. The van der Waals surface area contributed by atoms with Crippen molar-refractivity contribution in [3.05, 3.63) is 0 Å². The van der Waals surface area contributed by atoms with E-state index in [0.717, 1.165) is 0 Å². The van der Waals surface area contributed by atoms with E-state index in [1.807, 2.05) is 6.26 Å². The van der Waals surface area contributed by atoms with Crippen LogP contribution in [0.1, 0.15) is 19.3 Å². The van der Waals surface area contributed by atoms with Gasteiger partial charge < -0.3 is 4.18 Å². The van der Waals surface area contributed by atoms with Crippen LogP contribution < -0.4 is 0 Å². The molecule has 0 saturated heterocycles. The molecule has 0 bridgehead atoms. The summed E-state index contributed by atoms with van der Waals surface area (Å²) < 4.78 is 5.50. The van der Waals surface area contributed by atoms with E-state index in [-0.39, 0.29) is 0 Å². The van der Waals surface area contributed by atoms with E-state index >= 15 is 0 Å². The van der Waals surface area contributed by atoms with Crippen LogP contribution in [0.2, 0.25) is 6.32 Å². The Hall–Kier alpha value is 0.375. The summed E-state index contributed by atoms with van der Waals surface area (Å²) >= 11 is 1.51. The molecule has 0 atom stereocenters. The Morgan fingerprint density at radius 2 is 2.33 bits per heavy atom. The highest BCUT2D eigenvalue weighted by molar-refractivity contribution is 7.93. The Kier molecular flexibility index (Phi) is 2.47. The smallest absolute Gasteiger partial charge is 0.101 e. The minimum atomic E-state index is 0.314. The molecule has 9 heavy (non-hydrogen) atoms. The first-order chi connectivity index (χ1) is 4.33. The fourth-order valence-corrected chi connectivity index (χ4v) is 1.75. The van der Waals surface area contributed by atoms with Crippen LogP contribution in [0, 0.1) is 0 Å². The van der Waals surface area contributed by atoms with E-state index in [1.165, 1.54) is 37.6 Å². The van der Waals surface area contributed by atoms with E-state index < -0.39 is 0 Å². The molecule has 1 rings (SSSR count). The maximum Gasteiger partial charge on any atom is 0.101 e. The van der Waals surface area contributed by atoms with E-state index in [1.54, 1.807) is 0 Å². The minimum absolute atomic E-state index is 0.314. The van der Waals surface area contributed by atoms with Crippen molar-refractivity contribution in [2.24, 2.45) is 0 Å². The SMILES string of the molecule is BCCC1(OSC)CC1. The minimum Gasteiger partial charge on any atom is -0.309 e. The Morgan fingerprint density at radius 3 is 2.67 bits per heavy atom. The van der Waals surface area contributed by atoms with Gasteiger partial charge in [-0.15, -0.1) is 0 Å². The van der Waals surface area contributed by atoms with E-state index in [2.05, 4.69) is 7.85 Å². The predicted octanol–water partition coefficient (Wildman–Crippen LogP) is 1.26. The molecule has 1 aliphatic rings. The van der Waals surface area contributed by atoms with Crippen molar-refractivity contribution in [1.29, 1.82) is 0 Å². The molecule has 1 fully saturated rings. The summed E-state index contributed by atoms with van der Waals surface area (Å²) in [4.78, 5) is 0. The Bertz CT molecular complexity index is 85.1. The van der Waals surface area contributed by atoms with E-state index in [4.69, 9.17) is 4.18 Å². The van der Waals surface area contributed by atoms with Crippen LogP contribution in [0.15, 0.2) is 0 Å². The van der Waals surface area contributed by atoms with Gasteiger partial charge in [0.05, 0.1) is 5.60 Å². The molecule has 52 valence electrons. The summed E-state index contributed by atoms with van der Waals surface area (Å²) in [7, 11) is 2.21. The molecule has 0 amide bonds. The monoisotopic (exact) mass is 144 g/mol. The summed E-state index contributed by atoms with van der Waals surface area (Å²) in [6, 6.07) is 0. The van der Waals surface area contributed by atoms with Crippen LogP contribution >= 0.6 is 12.0 Å². The lowest BCUT2D eigenvalue weighted by atomic mass is 9.98. The van der Waals surface area contributed by atoms with Crippen molar-refractivity contribution in [2.45, 2.75) is 31.2 Å². The standard InChI is InChI=1S/C6H13BOS/c1-9-8-6(2-3-6)4-5-7/h2-5,7H2,1H3. The molecule has 0 aromatic carbocycles. The largest absolute Gasteiger partial charge is 0.309 e. The molecule has 3 heteroatoms. The molecule has 0 heterocycles. The van der Waals surface area contributed by atoms with Gasteiger partial charge in [0, 0.05) is 6.26 Å². The van der Waals surface area contributed by atoms with Crippen LogP contribution in [-0.2, 0) is 4.18 Å². The molecule has 0 aliphatic heterocycles. The van der Waals surface area contributed by atoms with E-state index in [0.29, 0.717) is 5.60 Å². The Morgan fingerprint density at radius 1 is 1.67 bits per heavy atom. The summed E-state index contributed by atoms with van der Waals surface area (Å²) in [5.74, 6) is 0. The van der Waals surface area contributed by atoms with Gasteiger partial charge in [-0.25, -0.2) is 0 Å². The van der Waals surface area contributed by atoms with Crippen molar-refractivity contribution in [2.75, 3.05) is 6.26 Å². The molecule has 1 saturated carbocycles.